The first kappa shape index (κ1) is 15.9. The normalized spacial score (nSPS) is 11.0. The van der Waals surface area contributed by atoms with Gasteiger partial charge in [-0.05, 0) is 48.7 Å². The van der Waals surface area contributed by atoms with E-state index in [4.69, 9.17) is 5.11 Å². The number of hydrogen-bond acceptors (Lipinski definition) is 3. The molecule has 2 N–H and O–H groups in total. The highest BCUT2D eigenvalue weighted by Gasteiger charge is 2.15. The van der Waals surface area contributed by atoms with E-state index in [-0.39, 0.29) is 11.3 Å². The molecule has 3 aromatic carbocycles. The van der Waals surface area contributed by atoms with Crippen molar-refractivity contribution in [3.8, 4) is 22.7 Å². The average molecular weight is 344 g/mol. The third-order valence-electron chi connectivity index (χ3n) is 4.37. The number of benzene rings is 3. The van der Waals surface area contributed by atoms with Crippen LogP contribution in [-0.4, -0.2) is 26.0 Å². The van der Waals surface area contributed by atoms with Gasteiger partial charge in [0.25, 0.3) is 0 Å². The van der Waals surface area contributed by atoms with E-state index in [1.807, 2.05) is 49.4 Å². The fourth-order valence-corrected chi connectivity index (χ4v) is 3.10. The second kappa shape index (κ2) is 6.04. The van der Waals surface area contributed by atoms with Crippen molar-refractivity contribution in [1.82, 2.24) is 9.78 Å². The SMILES string of the molecule is Cc1cc(-c2ccc3ccccc3c2O)n(-c2ccc(C(=O)O)cc2)n1. The maximum Gasteiger partial charge on any atom is 0.335 e. The Bertz CT molecular complexity index is 1130. The van der Waals surface area contributed by atoms with E-state index in [2.05, 4.69) is 5.10 Å². The monoisotopic (exact) mass is 344 g/mol. The highest BCUT2D eigenvalue weighted by Crippen LogP contribution is 2.36. The van der Waals surface area contributed by atoms with Gasteiger partial charge in [-0.15, -0.1) is 0 Å². The molecule has 0 saturated heterocycles. The summed E-state index contributed by atoms with van der Waals surface area (Å²) >= 11 is 0. The van der Waals surface area contributed by atoms with Crippen molar-refractivity contribution in [1.29, 1.82) is 0 Å². The summed E-state index contributed by atoms with van der Waals surface area (Å²) in [5.74, 6) is -0.771. The van der Waals surface area contributed by atoms with Crippen LogP contribution in [0.3, 0.4) is 0 Å². The van der Waals surface area contributed by atoms with E-state index in [9.17, 15) is 9.90 Å². The van der Waals surface area contributed by atoms with Gasteiger partial charge in [0, 0.05) is 10.9 Å². The van der Waals surface area contributed by atoms with Crippen LogP contribution in [0.2, 0.25) is 0 Å². The molecule has 4 rings (SSSR count). The van der Waals surface area contributed by atoms with Crippen LogP contribution in [0.5, 0.6) is 5.75 Å². The van der Waals surface area contributed by atoms with Gasteiger partial charge in [0.1, 0.15) is 5.75 Å². The molecule has 0 spiro atoms. The number of phenols is 1. The number of carbonyl (C=O) groups is 1. The molecular weight excluding hydrogens is 328 g/mol. The number of carboxylic acid groups (broad SMARTS) is 1. The maximum absolute atomic E-state index is 11.1. The first-order valence-corrected chi connectivity index (χ1v) is 8.16. The summed E-state index contributed by atoms with van der Waals surface area (Å²) < 4.78 is 1.71. The van der Waals surface area contributed by atoms with Gasteiger partial charge >= 0.3 is 5.97 Å². The first-order chi connectivity index (χ1) is 12.5. The summed E-state index contributed by atoms with van der Waals surface area (Å²) in [6, 6.07) is 19.9. The molecule has 0 radical (unpaired) electrons. The summed E-state index contributed by atoms with van der Waals surface area (Å²) in [7, 11) is 0. The molecule has 5 heteroatoms. The minimum atomic E-state index is -0.972. The second-order valence-electron chi connectivity index (χ2n) is 6.12. The zero-order valence-electron chi connectivity index (χ0n) is 14.0. The van der Waals surface area contributed by atoms with Crippen molar-refractivity contribution < 1.29 is 15.0 Å². The maximum atomic E-state index is 11.1. The van der Waals surface area contributed by atoms with Crippen molar-refractivity contribution in [2.75, 3.05) is 0 Å². The lowest BCUT2D eigenvalue weighted by atomic mass is 10.0. The van der Waals surface area contributed by atoms with Gasteiger partial charge in [-0.25, -0.2) is 9.48 Å². The number of aromatic nitrogens is 2. The lowest BCUT2D eigenvalue weighted by molar-refractivity contribution is 0.0697. The zero-order chi connectivity index (χ0) is 18.3. The molecule has 0 fully saturated rings. The molecule has 1 heterocycles. The fraction of sp³-hybridized carbons (Fsp3) is 0.0476. The molecule has 1 aromatic heterocycles. The van der Waals surface area contributed by atoms with Crippen LogP contribution in [0, 0.1) is 6.92 Å². The van der Waals surface area contributed by atoms with E-state index in [0.717, 1.165) is 27.8 Å². The number of phenolic OH excluding ortho intramolecular Hbond substituents is 1. The number of nitrogens with zero attached hydrogens (tertiary/aromatic N) is 2. The number of aromatic carboxylic acids is 1. The minimum Gasteiger partial charge on any atom is -0.507 e. The number of carboxylic acids is 1. The molecular formula is C21H16N2O3. The second-order valence-corrected chi connectivity index (χ2v) is 6.12. The zero-order valence-corrected chi connectivity index (χ0v) is 14.0. The van der Waals surface area contributed by atoms with Gasteiger partial charge in [-0.3, -0.25) is 0 Å². The van der Waals surface area contributed by atoms with Gasteiger partial charge < -0.3 is 10.2 Å². The van der Waals surface area contributed by atoms with E-state index < -0.39 is 5.97 Å². The molecule has 0 saturated carbocycles. The molecule has 128 valence electrons. The van der Waals surface area contributed by atoms with E-state index in [1.165, 1.54) is 0 Å². The Morgan fingerprint density at radius 2 is 1.73 bits per heavy atom. The van der Waals surface area contributed by atoms with Gasteiger partial charge in [0.05, 0.1) is 22.6 Å². The van der Waals surface area contributed by atoms with Crippen LogP contribution in [0.15, 0.2) is 66.7 Å². The molecule has 0 unspecified atom stereocenters. The highest BCUT2D eigenvalue weighted by molar-refractivity contribution is 5.94. The van der Waals surface area contributed by atoms with Crippen molar-refractivity contribution >= 4 is 16.7 Å². The Hall–Kier alpha value is -3.60. The smallest absolute Gasteiger partial charge is 0.335 e. The molecule has 0 aliphatic carbocycles. The molecule has 26 heavy (non-hydrogen) atoms. The molecule has 0 aliphatic rings. The summed E-state index contributed by atoms with van der Waals surface area (Å²) in [5, 5.41) is 26.1. The van der Waals surface area contributed by atoms with E-state index >= 15 is 0 Å². The summed E-state index contributed by atoms with van der Waals surface area (Å²) in [6.45, 7) is 1.88. The first-order valence-electron chi connectivity index (χ1n) is 8.16. The molecule has 5 nitrogen and oxygen atoms in total. The lowest BCUT2D eigenvalue weighted by Crippen LogP contribution is -2.01. The predicted octanol–water partition coefficient (Wildman–Crippen LogP) is 4.40. The van der Waals surface area contributed by atoms with Crippen LogP contribution in [0.4, 0.5) is 0 Å². The Labute approximate surface area is 149 Å². The van der Waals surface area contributed by atoms with Crippen LogP contribution >= 0.6 is 0 Å². The Morgan fingerprint density at radius 1 is 1.00 bits per heavy atom. The standard InChI is InChI=1S/C21H16N2O3/c1-13-12-19(18-11-8-14-4-2-3-5-17(14)20(18)24)23(22-13)16-9-6-15(7-10-16)21(25)26/h2-12,24H,1H3,(H,25,26). The highest BCUT2D eigenvalue weighted by atomic mass is 16.4. The minimum absolute atomic E-state index is 0.200. The van der Waals surface area contributed by atoms with Crippen LogP contribution in [0.25, 0.3) is 27.7 Å². The summed E-state index contributed by atoms with van der Waals surface area (Å²) in [4.78, 5) is 11.1. The Balaban J connectivity index is 1.89. The Kier molecular flexibility index (Phi) is 3.69. The van der Waals surface area contributed by atoms with E-state index in [0.29, 0.717) is 5.56 Å². The fourth-order valence-electron chi connectivity index (χ4n) is 3.10. The molecule has 0 amide bonds. The van der Waals surface area contributed by atoms with Gasteiger partial charge in [-0.1, -0.05) is 30.3 Å². The van der Waals surface area contributed by atoms with Crippen molar-refractivity contribution in [2.24, 2.45) is 0 Å². The van der Waals surface area contributed by atoms with Crippen molar-refractivity contribution in [3.05, 3.63) is 78.0 Å². The number of fused-ring (bicyclic) bond motifs is 1. The third-order valence-corrected chi connectivity index (χ3v) is 4.37. The van der Waals surface area contributed by atoms with Crippen LogP contribution < -0.4 is 0 Å². The lowest BCUT2D eigenvalue weighted by Gasteiger charge is -2.11. The molecule has 4 aromatic rings. The van der Waals surface area contributed by atoms with Gasteiger partial charge in [-0.2, -0.15) is 5.10 Å². The number of rotatable bonds is 3. The number of hydrogen-bond donors (Lipinski definition) is 2. The Morgan fingerprint density at radius 3 is 2.46 bits per heavy atom. The van der Waals surface area contributed by atoms with E-state index in [1.54, 1.807) is 28.9 Å². The van der Waals surface area contributed by atoms with Crippen LogP contribution in [-0.2, 0) is 0 Å². The van der Waals surface area contributed by atoms with Crippen molar-refractivity contribution in [3.63, 3.8) is 0 Å². The predicted molar refractivity (Wildman–Crippen MR) is 99.9 cm³/mol. The van der Waals surface area contributed by atoms with Crippen LogP contribution in [0.1, 0.15) is 16.1 Å². The largest absolute Gasteiger partial charge is 0.507 e. The average Bonchev–Trinajstić information content (AvgIpc) is 3.04. The van der Waals surface area contributed by atoms with Gasteiger partial charge in [0.15, 0.2) is 0 Å². The van der Waals surface area contributed by atoms with Gasteiger partial charge in [0.2, 0.25) is 0 Å². The number of aromatic hydroxyl groups is 1. The molecule has 0 bridgehead atoms. The quantitative estimate of drug-likeness (QED) is 0.577. The van der Waals surface area contributed by atoms with Crippen molar-refractivity contribution in [2.45, 2.75) is 6.92 Å². The topological polar surface area (TPSA) is 75.4 Å². The molecule has 0 atom stereocenters. The molecule has 0 aliphatic heterocycles. The third kappa shape index (κ3) is 2.59. The summed E-state index contributed by atoms with van der Waals surface area (Å²) in [5.41, 5.74) is 3.16. The number of aryl methyl sites for hydroxylation is 1. The summed E-state index contributed by atoms with van der Waals surface area (Å²) in [6.07, 6.45) is 0.